The molecule has 1 heterocycles. The molecule has 1 aliphatic carbocycles. The van der Waals surface area contributed by atoms with E-state index in [1.807, 2.05) is 35.2 Å². The first kappa shape index (κ1) is 18.7. The maximum atomic E-state index is 12.5. The summed E-state index contributed by atoms with van der Waals surface area (Å²) in [7, 11) is 0. The van der Waals surface area contributed by atoms with Crippen molar-refractivity contribution in [2.75, 3.05) is 6.54 Å². The van der Waals surface area contributed by atoms with Crippen LogP contribution in [-0.4, -0.2) is 34.8 Å². The molecule has 1 atom stereocenters. The average molecular weight is 352 g/mol. The van der Waals surface area contributed by atoms with Crippen molar-refractivity contribution in [1.29, 1.82) is 0 Å². The molecule has 1 aromatic carbocycles. The first-order valence-electron chi connectivity index (χ1n) is 8.51. The molecule has 6 heteroatoms. The van der Waals surface area contributed by atoms with Crippen LogP contribution in [0.15, 0.2) is 30.3 Å². The summed E-state index contributed by atoms with van der Waals surface area (Å²) in [5.74, 6) is -0.154. The van der Waals surface area contributed by atoms with Gasteiger partial charge in [0.15, 0.2) is 0 Å². The summed E-state index contributed by atoms with van der Waals surface area (Å²) in [4.78, 5) is 26.8. The number of amides is 2. The third kappa shape index (κ3) is 4.08. The summed E-state index contributed by atoms with van der Waals surface area (Å²) in [5.41, 5.74) is 6.57. The number of rotatable bonds is 4. The van der Waals surface area contributed by atoms with Gasteiger partial charge >= 0.3 is 0 Å². The van der Waals surface area contributed by atoms with Crippen LogP contribution in [0.25, 0.3) is 0 Å². The largest absolute Gasteiger partial charge is 0.343 e. The number of hydrogen-bond acceptors (Lipinski definition) is 3. The number of nitrogens with one attached hydrogen (secondary N) is 1. The predicted molar refractivity (Wildman–Crippen MR) is 95.7 cm³/mol. The molecule has 3 N–H and O–H groups in total. The number of benzene rings is 1. The van der Waals surface area contributed by atoms with Crippen LogP contribution in [0.1, 0.15) is 44.1 Å². The van der Waals surface area contributed by atoms with Crippen LogP contribution in [0.2, 0.25) is 0 Å². The molecule has 0 spiro atoms. The molecule has 3 rings (SSSR count). The Bertz CT molecular complexity index is 573. The summed E-state index contributed by atoms with van der Waals surface area (Å²) in [6, 6.07) is 9.50. The van der Waals surface area contributed by atoms with Gasteiger partial charge in [-0.15, -0.1) is 12.4 Å². The molecule has 0 bridgehead atoms. The van der Waals surface area contributed by atoms with Gasteiger partial charge in [0.1, 0.15) is 6.04 Å². The second-order valence-electron chi connectivity index (χ2n) is 6.78. The summed E-state index contributed by atoms with van der Waals surface area (Å²) in [6.07, 6.45) is 5.21. The Morgan fingerprint density at radius 1 is 1.21 bits per heavy atom. The van der Waals surface area contributed by atoms with Crippen molar-refractivity contribution in [3.05, 3.63) is 35.9 Å². The van der Waals surface area contributed by atoms with Crippen LogP contribution in [0.5, 0.6) is 0 Å². The van der Waals surface area contributed by atoms with Gasteiger partial charge in [-0.1, -0.05) is 49.6 Å². The van der Waals surface area contributed by atoms with E-state index in [1.54, 1.807) is 0 Å². The van der Waals surface area contributed by atoms with Crippen molar-refractivity contribution in [1.82, 2.24) is 10.2 Å². The molecule has 132 valence electrons. The number of carbonyl (C=O) groups excluding carboxylic acids is 2. The van der Waals surface area contributed by atoms with Crippen molar-refractivity contribution in [2.24, 2.45) is 5.73 Å². The zero-order valence-corrected chi connectivity index (χ0v) is 14.7. The van der Waals surface area contributed by atoms with Crippen LogP contribution in [0.4, 0.5) is 0 Å². The van der Waals surface area contributed by atoms with Gasteiger partial charge in [0.25, 0.3) is 0 Å². The molecular formula is C18H26ClN3O2. The molecule has 1 saturated heterocycles. The molecule has 1 unspecified atom stereocenters. The quantitative estimate of drug-likeness (QED) is 0.871. The standard InChI is InChI=1S/C18H25N3O2.ClH/c19-18(10-5-2-6-11-18)17(23)20-15-9-12-21(16(15)22)13-14-7-3-1-4-8-14;/h1,3-4,7-8,15H,2,5-6,9-13,19H2,(H,20,23);1H. The van der Waals surface area contributed by atoms with Crippen LogP contribution < -0.4 is 11.1 Å². The third-order valence-corrected chi connectivity index (χ3v) is 5.02. The van der Waals surface area contributed by atoms with Crippen molar-refractivity contribution in [3.8, 4) is 0 Å². The maximum Gasteiger partial charge on any atom is 0.245 e. The number of carbonyl (C=O) groups is 2. The Hall–Kier alpha value is -1.59. The predicted octanol–water partition coefficient (Wildman–Crippen LogP) is 1.99. The monoisotopic (exact) mass is 351 g/mol. The number of nitrogens with zero attached hydrogens (tertiary/aromatic N) is 1. The molecular weight excluding hydrogens is 326 g/mol. The van der Waals surface area contributed by atoms with Gasteiger partial charge in [-0.25, -0.2) is 0 Å². The molecule has 1 saturated carbocycles. The Morgan fingerprint density at radius 3 is 2.54 bits per heavy atom. The Kier molecular flexibility index (Phi) is 6.24. The second-order valence-corrected chi connectivity index (χ2v) is 6.78. The van der Waals surface area contributed by atoms with E-state index in [0.29, 0.717) is 32.4 Å². The second kappa shape index (κ2) is 7.99. The highest BCUT2D eigenvalue weighted by Crippen LogP contribution is 2.26. The Morgan fingerprint density at radius 2 is 1.88 bits per heavy atom. The van der Waals surface area contributed by atoms with Crippen LogP contribution >= 0.6 is 12.4 Å². The fourth-order valence-electron chi connectivity index (χ4n) is 3.55. The van der Waals surface area contributed by atoms with Gasteiger partial charge in [0.05, 0.1) is 5.54 Å². The van der Waals surface area contributed by atoms with Gasteiger partial charge in [-0.2, -0.15) is 0 Å². The number of nitrogens with two attached hydrogens (primary N) is 1. The zero-order valence-electron chi connectivity index (χ0n) is 13.9. The number of hydrogen-bond donors (Lipinski definition) is 2. The zero-order chi connectivity index (χ0) is 16.3. The highest BCUT2D eigenvalue weighted by atomic mass is 35.5. The molecule has 2 aliphatic rings. The van der Waals surface area contributed by atoms with Crippen LogP contribution in [0, 0.1) is 0 Å². The Labute approximate surface area is 149 Å². The summed E-state index contributed by atoms with van der Waals surface area (Å²) < 4.78 is 0. The lowest BCUT2D eigenvalue weighted by Gasteiger charge is -2.32. The SMILES string of the molecule is Cl.NC1(C(=O)NC2CCN(Cc3ccccc3)C2=O)CCCCC1. The smallest absolute Gasteiger partial charge is 0.245 e. The van der Waals surface area contributed by atoms with Crippen molar-refractivity contribution < 1.29 is 9.59 Å². The van der Waals surface area contributed by atoms with Gasteiger partial charge in [-0.3, -0.25) is 9.59 Å². The molecule has 24 heavy (non-hydrogen) atoms. The summed E-state index contributed by atoms with van der Waals surface area (Å²) in [6.45, 7) is 1.27. The molecule has 5 nitrogen and oxygen atoms in total. The van der Waals surface area contributed by atoms with Crippen molar-refractivity contribution >= 4 is 24.2 Å². The third-order valence-electron chi connectivity index (χ3n) is 5.02. The lowest BCUT2D eigenvalue weighted by molar-refractivity contribution is -0.135. The minimum atomic E-state index is -0.786. The van der Waals surface area contributed by atoms with E-state index in [-0.39, 0.29) is 24.2 Å². The minimum Gasteiger partial charge on any atom is -0.343 e. The van der Waals surface area contributed by atoms with Gasteiger partial charge in [0.2, 0.25) is 11.8 Å². The molecule has 0 aromatic heterocycles. The van der Waals surface area contributed by atoms with E-state index >= 15 is 0 Å². The average Bonchev–Trinajstić information content (AvgIpc) is 2.90. The highest BCUT2D eigenvalue weighted by Gasteiger charge is 2.39. The molecule has 0 radical (unpaired) electrons. The van der Waals surface area contributed by atoms with E-state index in [4.69, 9.17) is 5.73 Å². The van der Waals surface area contributed by atoms with E-state index < -0.39 is 11.6 Å². The first-order chi connectivity index (χ1) is 11.1. The van der Waals surface area contributed by atoms with E-state index in [0.717, 1.165) is 24.8 Å². The molecule has 2 amide bonds. The Balaban J connectivity index is 0.00000208. The van der Waals surface area contributed by atoms with Crippen LogP contribution in [-0.2, 0) is 16.1 Å². The van der Waals surface area contributed by atoms with Crippen LogP contribution in [0.3, 0.4) is 0 Å². The number of halogens is 1. The first-order valence-corrected chi connectivity index (χ1v) is 8.51. The van der Waals surface area contributed by atoms with E-state index in [1.165, 1.54) is 0 Å². The topological polar surface area (TPSA) is 75.4 Å². The summed E-state index contributed by atoms with van der Waals surface area (Å²) in [5, 5.41) is 2.90. The van der Waals surface area contributed by atoms with E-state index in [2.05, 4.69) is 5.32 Å². The lowest BCUT2D eigenvalue weighted by Crippen LogP contribution is -2.58. The summed E-state index contributed by atoms with van der Waals surface area (Å²) >= 11 is 0. The minimum absolute atomic E-state index is 0. The fourth-order valence-corrected chi connectivity index (χ4v) is 3.55. The number of likely N-dealkylation sites (tertiary alicyclic amines) is 1. The van der Waals surface area contributed by atoms with Crippen molar-refractivity contribution in [2.45, 2.75) is 56.7 Å². The molecule has 1 aromatic rings. The highest BCUT2D eigenvalue weighted by molar-refractivity contribution is 5.93. The normalized spacial score (nSPS) is 22.8. The lowest BCUT2D eigenvalue weighted by atomic mass is 9.81. The molecule has 2 fully saturated rings. The maximum absolute atomic E-state index is 12.5. The van der Waals surface area contributed by atoms with Gasteiger partial charge < -0.3 is 16.0 Å². The van der Waals surface area contributed by atoms with E-state index in [9.17, 15) is 9.59 Å². The fraction of sp³-hybridized carbons (Fsp3) is 0.556. The van der Waals surface area contributed by atoms with Gasteiger partial charge in [-0.05, 0) is 24.8 Å². The van der Waals surface area contributed by atoms with Gasteiger partial charge in [0, 0.05) is 13.1 Å². The molecule has 1 aliphatic heterocycles. The van der Waals surface area contributed by atoms with Crippen molar-refractivity contribution in [3.63, 3.8) is 0 Å².